The third-order valence-corrected chi connectivity index (χ3v) is 5.65. The molecular formula is C20H14F3N3O2S. The van der Waals surface area contributed by atoms with E-state index in [1.54, 1.807) is 41.1 Å². The zero-order valence-corrected chi connectivity index (χ0v) is 15.6. The van der Waals surface area contributed by atoms with Crippen LogP contribution in [0.4, 0.5) is 18.9 Å². The van der Waals surface area contributed by atoms with Crippen LogP contribution in [0.25, 0.3) is 16.9 Å². The second-order valence-electron chi connectivity index (χ2n) is 6.27. The molecule has 0 amide bonds. The molecule has 1 N–H and O–H groups in total. The number of imidazole rings is 1. The number of alkyl halides is 3. The van der Waals surface area contributed by atoms with Crippen molar-refractivity contribution in [2.24, 2.45) is 0 Å². The standard InChI is InChI=1S/C20H14F3N3O2S/c21-20(22,23)14-6-5-7-15(12-14)29(27,28)25-17-9-2-1-8-16(17)18-13-26-11-4-3-10-19(26)24-18/h1-13,25H. The van der Waals surface area contributed by atoms with Crippen molar-refractivity contribution in [3.63, 3.8) is 0 Å². The highest BCUT2D eigenvalue weighted by Crippen LogP contribution is 2.32. The number of anilines is 1. The molecule has 0 saturated heterocycles. The Morgan fingerprint density at radius 3 is 2.45 bits per heavy atom. The third kappa shape index (κ3) is 3.81. The van der Waals surface area contributed by atoms with Gasteiger partial charge >= 0.3 is 6.18 Å². The van der Waals surface area contributed by atoms with Gasteiger partial charge in [0.05, 0.1) is 21.8 Å². The number of hydrogen-bond donors (Lipinski definition) is 1. The summed E-state index contributed by atoms with van der Waals surface area (Å²) in [6.45, 7) is 0. The van der Waals surface area contributed by atoms with Crippen molar-refractivity contribution in [2.75, 3.05) is 4.72 Å². The number of aromatic nitrogens is 2. The maximum Gasteiger partial charge on any atom is 0.416 e. The molecule has 0 bridgehead atoms. The number of nitrogens with zero attached hydrogens (tertiary/aromatic N) is 2. The summed E-state index contributed by atoms with van der Waals surface area (Å²) in [4.78, 5) is 4.00. The summed E-state index contributed by atoms with van der Waals surface area (Å²) in [7, 11) is -4.24. The van der Waals surface area contributed by atoms with E-state index in [1.807, 2.05) is 12.1 Å². The van der Waals surface area contributed by atoms with Crippen LogP contribution in [0.5, 0.6) is 0 Å². The first kappa shape index (κ1) is 19.0. The van der Waals surface area contributed by atoms with Crippen molar-refractivity contribution in [3.05, 3.63) is 84.7 Å². The molecule has 4 aromatic rings. The van der Waals surface area contributed by atoms with Crippen molar-refractivity contribution >= 4 is 21.4 Å². The van der Waals surface area contributed by atoms with Crippen LogP contribution in [0.3, 0.4) is 0 Å². The van der Waals surface area contributed by atoms with Crippen LogP contribution in [-0.4, -0.2) is 17.8 Å². The summed E-state index contributed by atoms with van der Waals surface area (Å²) in [6.07, 6.45) is -1.09. The highest BCUT2D eigenvalue weighted by atomic mass is 32.2. The fourth-order valence-electron chi connectivity index (χ4n) is 2.90. The highest BCUT2D eigenvalue weighted by molar-refractivity contribution is 7.92. The third-order valence-electron chi connectivity index (χ3n) is 4.28. The van der Waals surface area contributed by atoms with Gasteiger partial charge in [-0.05, 0) is 36.4 Å². The summed E-state index contributed by atoms with van der Waals surface area (Å²) in [5, 5.41) is 0. The van der Waals surface area contributed by atoms with Gasteiger partial charge in [-0.1, -0.05) is 30.3 Å². The van der Waals surface area contributed by atoms with Crippen molar-refractivity contribution in [1.82, 2.24) is 9.38 Å². The first-order chi connectivity index (χ1) is 13.7. The Morgan fingerprint density at radius 1 is 0.931 bits per heavy atom. The smallest absolute Gasteiger partial charge is 0.306 e. The number of hydrogen-bond acceptors (Lipinski definition) is 3. The van der Waals surface area contributed by atoms with E-state index < -0.39 is 26.7 Å². The van der Waals surface area contributed by atoms with Crippen molar-refractivity contribution in [1.29, 1.82) is 0 Å². The lowest BCUT2D eigenvalue weighted by Gasteiger charge is -2.13. The summed E-state index contributed by atoms with van der Waals surface area (Å²) in [5.74, 6) is 0. The predicted octanol–water partition coefficient (Wildman–Crippen LogP) is 4.82. The monoisotopic (exact) mass is 417 g/mol. The number of pyridine rings is 1. The van der Waals surface area contributed by atoms with Gasteiger partial charge in [-0.15, -0.1) is 0 Å². The van der Waals surface area contributed by atoms with Gasteiger partial charge in [0.15, 0.2) is 0 Å². The predicted molar refractivity (Wildman–Crippen MR) is 103 cm³/mol. The molecule has 2 aromatic heterocycles. The van der Waals surface area contributed by atoms with E-state index >= 15 is 0 Å². The average molecular weight is 417 g/mol. The Balaban J connectivity index is 1.73. The fourth-order valence-corrected chi connectivity index (χ4v) is 4.03. The minimum atomic E-state index is -4.64. The topological polar surface area (TPSA) is 63.5 Å². The van der Waals surface area contributed by atoms with Gasteiger partial charge in [-0.25, -0.2) is 13.4 Å². The van der Waals surface area contributed by atoms with Crippen molar-refractivity contribution in [2.45, 2.75) is 11.1 Å². The Bertz CT molecular complexity index is 1260. The van der Waals surface area contributed by atoms with E-state index in [-0.39, 0.29) is 5.69 Å². The normalized spacial score (nSPS) is 12.2. The number of para-hydroxylation sites is 1. The minimum absolute atomic E-state index is 0.216. The second-order valence-corrected chi connectivity index (χ2v) is 7.95. The molecule has 0 aliphatic carbocycles. The molecule has 0 aliphatic rings. The lowest BCUT2D eigenvalue weighted by atomic mass is 10.1. The number of sulfonamides is 1. The largest absolute Gasteiger partial charge is 0.416 e. The quantitative estimate of drug-likeness (QED) is 0.518. The number of halogens is 3. The van der Waals surface area contributed by atoms with Crippen LogP contribution in [0.2, 0.25) is 0 Å². The second kappa shape index (κ2) is 6.93. The van der Waals surface area contributed by atoms with Gasteiger partial charge in [0.1, 0.15) is 5.65 Å². The first-order valence-electron chi connectivity index (χ1n) is 8.47. The molecule has 2 aromatic carbocycles. The molecular weight excluding hydrogens is 403 g/mol. The summed E-state index contributed by atoms with van der Waals surface area (Å²) >= 11 is 0. The maximum atomic E-state index is 12.9. The highest BCUT2D eigenvalue weighted by Gasteiger charge is 2.31. The molecule has 0 atom stereocenters. The fraction of sp³-hybridized carbons (Fsp3) is 0.0500. The molecule has 148 valence electrons. The summed E-state index contributed by atoms with van der Waals surface area (Å²) in [6, 6.07) is 15.6. The molecule has 5 nitrogen and oxygen atoms in total. The summed E-state index contributed by atoms with van der Waals surface area (Å²) in [5.41, 5.74) is 0.894. The number of nitrogens with one attached hydrogen (secondary N) is 1. The van der Waals surface area contributed by atoms with E-state index in [1.165, 1.54) is 6.07 Å². The molecule has 0 radical (unpaired) electrons. The van der Waals surface area contributed by atoms with E-state index in [0.717, 1.165) is 18.2 Å². The van der Waals surface area contributed by atoms with Crippen LogP contribution in [0.1, 0.15) is 5.56 Å². The molecule has 29 heavy (non-hydrogen) atoms. The van der Waals surface area contributed by atoms with E-state index in [4.69, 9.17) is 0 Å². The molecule has 0 aliphatic heterocycles. The molecule has 0 spiro atoms. The minimum Gasteiger partial charge on any atom is -0.306 e. The van der Waals surface area contributed by atoms with Gasteiger partial charge in [0, 0.05) is 18.0 Å². The van der Waals surface area contributed by atoms with Gasteiger partial charge < -0.3 is 4.40 Å². The van der Waals surface area contributed by atoms with Gasteiger partial charge in [0.25, 0.3) is 10.0 Å². The zero-order valence-electron chi connectivity index (χ0n) is 14.8. The van der Waals surface area contributed by atoms with Crippen LogP contribution in [0, 0.1) is 0 Å². The lowest BCUT2D eigenvalue weighted by Crippen LogP contribution is -2.15. The first-order valence-corrected chi connectivity index (χ1v) is 9.95. The SMILES string of the molecule is O=S(=O)(Nc1ccccc1-c1cn2ccccc2n1)c1cccc(C(F)(F)F)c1. The molecule has 9 heteroatoms. The van der Waals surface area contributed by atoms with Crippen LogP contribution in [-0.2, 0) is 16.2 Å². The Hall–Kier alpha value is -3.33. The number of benzene rings is 2. The molecule has 4 rings (SSSR count). The summed E-state index contributed by atoms with van der Waals surface area (Å²) < 4.78 is 68.5. The van der Waals surface area contributed by atoms with Gasteiger partial charge in [-0.3, -0.25) is 4.72 Å². The maximum absolute atomic E-state index is 12.9. The number of fused-ring (bicyclic) bond motifs is 1. The molecule has 2 heterocycles. The van der Waals surface area contributed by atoms with Gasteiger partial charge in [-0.2, -0.15) is 13.2 Å². The molecule has 0 unspecified atom stereocenters. The van der Waals surface area contributed by atoms with Crippen molar-refractivity contribution < 1.29 is 21.6 Å². The Kier molecular flexibility index (Phi) is 4.54. The van der Waals surface area contributed by atoms with Crippen LogP contribution >= 0.6 is 0 Å². The zero-order chi connectivity index (χ0) is 20.6. The van der Waals surface area contributed by atoms with E-state index in [2.05, 4.69) is 9.71 Å². The molecule has 0 saturated carbocycles. The average Bonchev–Trinajstić information content (AvgIpc) is 3.11. The van der Waals surface area contributed by atoms with Crippen molar-refractivity contribution in [3.8, 4) is 11.3 Å². The van der Waals surface area contributed by atoms with Crippen LogP contribution in [0.15, 0.2) is 84.0 Å². The van der Waals surface area contributed by atoms with E-state index in [0.29, 0.717) is 23.0 Å². The Morgan fingerprint density at radius 2 is 1.69 bits per heavy atom. The number of rotatable bonds is 4. The Labute approximate surface area is 164 Å². The van der Waals surface area contributed by atoms with E-state index in [9.17, 15) is 21.6 Å². The van der Waals surface area contributed by atoms with Gasteiger partial charge in [0.2, 0.25) is 0 Å². The lowest BCUT2D eigenvalue weighted by molar-refractivity contribution is -0.137. The van der Waals surface area contributed by atoms with Crippen LogP contribution < -0.4 is 4.72 Å². The molecule has 0 fully saturated rings.